The number of fused-ring (bicyclic) bond motifs is 3. The van der Waals surface area contributed by atoms with E-state index in [1.165, 1.54) is 17.7 Å². The second kappa shape index (κ2) is 12.2. The van der Waals surface area contributed by atoms with E-state index in [1.54, 1.807) is 12.1 Å². The first kappa shape index (κ1) is 30.7. The summed E-state index contributed by atoms with van der Waals surface area (Å²) in [6, 6.07) is 29.4. The summed E-state index contributed by atoms with van der Waals surface area (Å²) in [6.07, 6.45) is 0.215. The Kier molecular flexibility index (Phi) is 8.34. The van der Waals surface area contributed by atoms with Gasteiger partial charge in [-0.1, -0.05) is 108 Å². The lowest BCUT2D eigenvalue weighted by molar-refractivity contribution is 0.0706. The molecule has 0 N–H and O–H groups in total. The number of rotatable bonds is 8. The number of hydrogen-bond donors (Lipinski definition) is 0. The van der Waals surface area contributed by atoms with Crippen molar-refractivity contribution in [2.24, 2.45) is 10.2 Å². The quantitative estimate of drug-likeness (QED) is 0.188. The minimum Gasteiger partial charge on any atom is -0.344 e. The standard InChI is InChI=1S/C39H43FN4O/c1-25(2)29-21-32(26(3)4)36(33(22-29)27(5)6)37(45)43-20-19-39(42-41-31-16-12-15-30(40)23-31)34-17-10-11-18-35(34)44(38(39)43)24-28-13-8-7-9-14-28/h7-18,21-23,25-27,38H,19-20,24H2,1-6H3/t38-,39-/m0/s1. The van der Waals surface area contributed by atoms with Crippen LogP contribution in [0.15, 0.2) is 101 Å². The molecule has 5 nitrogen and oxygen atoms in total. The van der Waals surface area contributed by atoms with Gasteiger partial charge >= 0.3 is 0 Å². The highest BCUT2D eigenvalue weighted by atomic mass is 19.1. The van der Waals surface area contributed by atoms with E-state index in [0.717, 1.165) is 33.5 Å². The van der Waals surface area contributed by atoms with Gasteiger partial charge < -0.3 is 9.80 Å². The van der Waals surface area contributed by atoms with Crippen molar-refractivity contribution in [2.45, 2.75) is 84.0 Å². The molecule has 2 heterocycles. The second-order valence-corrected chi connectivity index (χ2v) is 13.4. The number of halogens is 1. The highest BCUT2D eigenvalue weighted by Crippen LogP contribution is 2.54. The maximum atomic E-state index is 15.1. The molecule has 1 saturated heterocycles. The Labute approximate surface area is 266 Å². The molecule has 0 radical (unpaired) electrons. The van der Waals surface area contributed by atoms with Crippen LogP contribution in [-0.4, -0.2) is 23.5 Å². The Morgan fingerprint density at radius 3 is 2.16 bits per heavy atom. The lowest BCUT2D eigenvalue weighted by atomic mass is 9.84. The van der Waals surface area contributed by atoms with Crippen LogP contribution in [0.5, 0.6) is 0 Å². The van der Waals surface area contributed by atoms with Crippen LogP contribution in [0.3, 0.4) is 0 Å². The molecule has 6 heteroatoms. The molecule has 0 saturated carbocycles. The van der Waals surface area contributed by atoms with Gasteiger partial charge in [0.05, 0.1) is 5.69 Å². The molecule has 1 amide bonds. The zero-order valence-corrected chi connectivity index (χ0v) is 27.2. The van der Waals surface area contributed by atoms with Crippen LogP contribution in [0, 0.1) is 5.82 Å². The van der Waals surface area contributed by atoms with E-state index in [1.807, 2.05) is 35.2 Å². The van der Waals surface area contributed by atoms with Gasteiger partial charge in [-0.15, -0.1) is 0 Å². The molecule has 0 aliphatic carbocycles. The molecule has 1 fully saturated rings. The number of hydrogen-bond acceptors (Lipinski definition) is 4. The molecule has 45 heavy (non-hydrogen) atoms. The summed E-state index contributed by atoms with van der Waals surface area (Å²) >= 11 is 0. The molecule has 4 aromatic rings. The van der Waals surface area contributed by atoms with E-state index in [4.69, 9.17) is 5.11 Å². The average Bonchev–Trinajstić information content (AvgIpc) is 3.53. The van der Waals surface area contributed by atoms with Gasteiger partial charge in [0.2, 0.25) is 0 Å². The van der Waals surface area contributed by atoms with Crippen LogP contribution in [0.4, 0.5) is 15.8 Å². The highest BCUT2D eigenvalue weighted by molar-refractivity contribution is 5.99. The number of azo groups is 1. The molecule has 0 spiro atoms. The van der Waals surface area contributed by atoms with Crippen LogP contribution in [0.25, 0.3) is 0 Å². The molecule has 0 aromatic heterocycles. The van der Waals surface area contributed by atoms with Gasteiger partial charge in [-0.05, 0) is 58.2 Å². The molecule has 2 aliphatic heterocycles. The summed E-state index contributed by atoms with van der Waals surface area (Å²) in [4.78, 5) is 19.5. The Morgan fingerprint density at radius 2 is 1.51 bits per heavy atom. The van der Waals surface area contributed by atoms with Crippen molar-refractivity contribution in [1.82, 2.24) is 4.90 Å². The number of para-hydroxylation sites is 1. The maximum absolute atomic E-state index is 15.1. The van der Waals surface area contributed by atoms with E-state index in [-0.39, 0.29) is 23.6 Å². The minimum absolute atomic E-state index is 0.0383. The van der Waals surface area contributed by atoms with Crippen molar-refractivity contribution < 1.29 is 9.18 Å². The molecule has 6 rings (SSSR count). The third kappa shape index (κ3) is 5.56. The van der Waals surface area contributed by atoms with Gasteiger partial charge in [-0.2, -0.15) is 10.2 Å². The van der Waals surface area contributed by atoms with E-state index in [0.29, 0.717) is 31.1 Å². The van der Waals surface area contributed by atoms with Gasteiger partial charge in [0, 0.05) is 42.4 Å². The second-order valence-electron chi connectivity index (χ2n) is 13.4. The maximum Gasteiger partial charge on any atom is 0.256 e. The lowest BCUT2D eigenvalue weighted by Crippen LogP contribution is -2.51. The number of benzene rings is 4. The predicted molar refractivity (Wildman–Crippen MR) is 180 cm³/mol. The van der Waals surface area contributed by atoms with Gasteiger partial charge in [0.1, 0.15) is 17.5 Å². The Hall–Kier alpha value is -4.32. The fourth-order valence-corrected chi connectivity index (χ4v) is 7.07. The van der Waals surface area contributed by atoms with Crippen LogP contribution in [0.2, 0.25) is 0 Å². The van der Waals surface area contributed by atoms with E-state index >= 15 is 4.79 Å². The van der Waals surface area contributed by atoms with Gasteiger partial charge in [-0.25, -0.2) is 4.39 Å². The average molecular weight is 603 g/mol. The first-order valence-electron chi connectivity index (χ1n) is 16.2. The first-order chi connectivity index (χ1) is 21.6. The molecule has 2 aliphatic rings. The van der Waals surface area contributed by atoms with Crippen molar-refractivity contribution >= 4 is 17.3 Å². The Balaban J connectivity index is 1.53. The van der Waals surface area contributed by atoms with E-state index in [9.17, 15) is 4.39 Å². The van der Waals surface area contributed by atoms with Crippen LogP contribution >= 0.6 is 0 Å². The monoisotopic (exact) mass is 602 g/mol. The number of anilines is 1. The van der Waals surface area contributed by atoms with Crippen molar-refractivity contribution in [3.63, 3.8) is 0 Å². The van der Waals surface area contributed by atoms with Crippen molar-refractivity contribution in [3.8, 4) is 0 Å². The summed E-state index contributed by atoms with van der Waals surface area (Å²) < 4.78 is 14.2. The Morgan fingerprint density at radius 1 is 0.844 bits per heavy atom. The van der Waals surface area contributed by atoms with Crippen molar-refractivity contribution in [2.75, 3.05) is 11.4 Å². The number of nitrogens with zero attached hydrogens (tertiary/aromatic N) is 4. The summed E-state index contributed by atoms with van der Waals surface area (Å²) in [6.45, 7) is 14.3. The molecule has 0 bridgehead atoms. The van der Waals surface area contributed by atoms with E-state index in [2.05, 4.69) is 88.0 Å². The van der Waals surface area contributed by atoms with Crippen LogP contribution in [0.1, 0.15) is 104 Å². The molecule has 0 unspecified atom stereocenters. The third-order valence-electron chi connectivity index (χ3n) is 9.39. The number of carbonyl (C=O) groups is 1. The predicted octanol–water partition coefficient (Wildman–Crippen LogP) is 10.1. The van der Waals surface area contributed by atoms with Crippen molar-refractivity contribution in [1.29, 1.82) is 0 Å². The zero-order chi connectivity index (χ0) is 31.9. The summed E-state index contributed by atoms with van der Waals surface area (Å²) in [7, 11) is 0. The number of amides is 1. The van der Waals surface area contributed by atoms with Gasteiger partial charge in [0.15, 0.2) is 0 Å². The van der Waals surface area contributed by atoms with Gasteiger partial charge in [-0.3, -0.25) is 4.79 Å². The Bertz CT molecular complexity index is 1700. The lowest BCUT2D eigenvalue weighted by Gasteiger charge is -2.37. The summed E-state index contributed by atoms with van der Waals surface area (Å²) in [5, 5.41) is 9.70. The molecule has 232 valence electrons. The van der Waals surface area contributed by atoms with Crippen LogP contribution in [-0.2, 0) is 12.1 Å². The third-order valence-corrected chi connectivity index (χ3v) is 9.39. The summed E-state index contributed by atoms with van der Waals surface area (Å²) in [5.74, 6) is 0.408. The molecular weight excluding hydrogens is 559 g/mol. The normalized spacial score (nSPS) is 19.3. The SMILES string of the molecule is CC(C)c1cc(C(C)C)c(C(=O)N2CC[C@]3(N=Nc4cccc(F)c4)c4ccccc4N(Cc4ccccc4)[C@H]23)c(C(C)C)c1. The number of likely N-dealkylation sites (tertiary alicyclic amines) is 1. The van der Waals surface area contributed by atoms with Crippen LogP contribution < -0.4 is 4.90 Å². The smallest absolute Gasteiger partial charge is 0.256 e. The first-order valence-corrected chi connectivity index (χ1v) is 16.2. The van der Waals surface area contributed by atoms with Gasteiger partial charge in [0.25, 0.3) is 5.91 Å². The summed E-state index contributed by atoms with van der Waals surface area (Å²) in [5.41, 5.74) is 7.17. The fraction of sp³-hybridized carbons (Fsp3) is 0.359. The largest absolute Gasteiger partial charge is 0.344 e. The molecule has 2 atom stereocenters. The van der Waals surface area contributed by atoms with E-state index < -0.39 is 11.7 Å². The fourth-order valence-electron chi connectivity index (χ4n) is 7.07. The number of carbonyl (C=O) groups excluding carboxylic acids is 1. The zero-order valence-electron chi connectivity index (χ0n) is 27.2. The molecule has 4 aromatic carbocycles. The topological polar surface area (TPSA) is 48.3 Å². The highest BCUT2D eigenvalue weighted by Gasteiger charge is 2.59. The van der Waals surface area contributed by atoms with Crippen molar-refractivity contribution in [3.05, 3.63) is 130 Å². The minimum atomic E-state index is -0.804. The molecular formula is C39H43FN4O.